The minimum atomic E-state index is -3.55. The zero-order valence-electron chi connectivity index (χ0n) is 12.6. The molecule has 0 bridgehead atoms. The molecule has 0 aliphatic carbocycles. The Labute approximate surface area is 131 Å². The first-order valence-electron chi connectivity index (χ1n) is 6.69. The smallest absolute Gasteiger partial charge is 0.241 e. The lowest BCUT2D eigenvalue weighted by Gasteiger charge is -2.13. The number of nitrogens with two attached hydrogens (primary N) is 1. The van der Waals surface area contributed by atoms with Gasteiger partial charge in [-0.2, -0.15) is 11.8 Å². The van der Waals surface area contributed by atoms with Gasteiger partial charge >= 0.3 is 0 Å². The van der Waals surface area contributed by atoms with Crippen LogP contribution in [-0.2, 0) is 10.0 Å². The monoisotopic (exact) mass is 326 g/mol. The number of hydrogen-bond acceptors (Lipinski definition) is 4. The molecule has 116 valence electrons. The lowest BCUT2D eigenvalue weighted by atomic mass is 10.1. The van der Waals surface area contributed by atoms with E-state index in [0.717, 1.165) is 11.3 Å². The number of sulfonamides is 1. The van der Waals surface area contributed by atoms with Crippen molar-refractivity contribution in [1.29, 1.82) is 0 Å². The van der Waals surface area contributed by atoms with Gasteiger partial charge in [0.2, 0.25) is 10.0 Å². The van der Waals surface area contributed by atoms with Crippen LogP contribution in [0, 0.1) is 24.7 Å². The molecule has 0 saturated carbocycles. The van der Waals surface area contributed by atoms with Crippen LogP contribution in [0.1, 0.15) is 18.1 Å². The summed E-state index contributed by atoms with van der Waals surface area (Å²) in [6.07, 6.45) is 2.01. The number of thioether (sulfide) groups is 1. The van der Waals surface area contributed by atoms with Gasteiger partial charge in [0, 0.05) is 12.1 Å². The van der Waals surface area contributed by atoms with Gasteiger partial charge in [-0.3, -0.25) is 0 Å². The van der Waals surface area contributed by atoms with Crippen LogP contribution in [0.15, 0.2) is 23.1 Å². The van der Waals surface area contributed by atoms with Crippen LogP contribution in [0.5, 0.6) is 0 Å². The van der Waals surface area contributed by atoms with Crippen molar-refractivity contribution in [3.05, 3.63) is 29.3 Å². The Morgan fingerprint density at radius 1 is 1.43 bits per heavy atom. The molecule has 1 aromatic rings. The first kappa shape index (κ1) is 18.1. The Bertz CT molecular complexity index is 631. The van der Waals surface area contributed by atoms with E-state index >= 15 is 0 Å². The van der Waals surface area contributed by atoms with Gasteiger partial charge in [-0.15, -0.1) is 0 Å². The van der Waals surface area contributed by atoms with Gasteiger partial charge in [-0.25, -0.2) is 13.1 Å². The number of benzene rings is 1. The fourth-order valence-corrected chi connectivity index (χ4v) is 3.79. The van der Waals surface area contributed by atoms with Crippen molar-refractivity contribution >= 4 is 21.8 Å². The van der Waals surface area contributed by atoms with E-state index in [-0.39, 0.29) is 17.4 Å². The second-order valence-corrected chi connectivity index (χ2v) is 7.56. The highest BCUT2D eigenvalue weighted by molar-refractivity contribution is 7.98. The summed E-state index contributed by atoms with van der Waals surface area (Å²) in [4.78, 5) is 0.213. The third-order valence-corrected chi connectivity index (χ3v) is 5.21. The zero-order chi connectivity index (χ0) is 15.9. The summed E-state index contributed by atoms with van der Waals surface area (Å²) in [5.74, 6) is 6.74. The van der Waals surface area contributed by atoms with E-state index < -0.39 is 10.0 Å². The molecule has 1 aromatic carbocycles. The van der Waals surface area contributed by atoms with Crippen molar-refractivity contribution in [3.8, 4) is 11.8 Å². The molecule has 0 radical (unpaired) electrons. The Morgan fingerprint density at radius 3 is 2.76 bits per heavy atom. The minimum Gasteiger partial charge on any atom is -0.320 e. The molecule has 1 atom stereocenters. The maximum atomic E-state index is 12.4. The normalized spacial score (nSPS) is 12.6. The lowest BCUT2D eigenvalue weighted by Crippen LogP contribution is -2.29. The predicted molar refractivity (Wildman–Crippen MR) is 89.8 cm³/mol. The molecule has 6 heteroatoms. The fraction of sp³-hybridized carbons (Fsp3) is 0.467. The largest absolute Gasteiger partial charge is 0.320 e. The summed E-state index contributed by atoms with van der Waals surface area (Å²) in [5, 5.41) is 0. The van der Waals surface area contributed by atoms with Crippen LogP contribution in [0.2, 0.25) is 0 Å². The van der Waals surface area contributed by atoms with Gasteiger partial charge in [-0.05, 0) is 42.5 Å². The Hall–Kier alpha value is -1.00. The second-order valence-electron chi connectivity index (χ2n) is 4.92. The van der Waals surface area contributed by atoms with Gasteiger partial charge in [0.25, 0.3) is 0 Å². The van der Waals surface area contributed by atoms with Crippen LogP contribution >= 0.6 is 11.8 Å². The average molecular weight is 326 g/mol. The summed E-state index contributed by atoms with van der Waals surface area (Å²) in [5.41, 5.74) is 6.82. The molecule has 0 aromatic heterocycles. The number of aryl methyl sites for hydroxylation is 1. The van der Waals surface area contributed by atoms with Crippen molar-refractivity contribution in [2.24, 2.45) is 11.7 Å². The molecule has 0 saturated heterocycles. The first-order valence-corrected chi connectivity index (χ1v) is 9.56. The van der Waals surface area contributed by atoms with Crippen molar-refractivity contribution in [2.45, 2.75) is 18.7 Å². The molecule has 21 heavy (non-hydrogen) atoms. The summed E-state index contributed by atoms with van der Waals surface area (Å²) in [6.45, 7) is 4.54. The van der Waals surface area contributed by atoms with Gasteiger partial charge < -0.3 is 5.73 Å². The Morgan fingerprint density at radius 2 is 2.14 bits per heavy atom. The van der Waals surface area contributed by atoms with Crippen molar-refractivity contribution in [2.75, 3.05) is 25.1 Å². The highest BCUT2D eigenvalue weighted by Gasteiger charge is 2.18. The van der Waals surface area contributed by atoms with E-state index in [0.29, 0.717) is 12.1 Å². The maximum Gasteiger partial charge on any atom is 0.241 e. The zero-order valence-corrected chi connectivity index (χ0v) is 14.3. The summed E-state index contributed by atoms with van der Waals surface area (Å²) < 4.78 is 27.5. The van der Waals surface area contributed by atoms with Gasteiger partial charge in [0.15, 0.2) is 0 Å². The summed E-state index contributed by atoms with van der Waals surface area (Å²) >= 11 is 1.70. The molecule has 0 amide bonds. The van der Waals surface area contributed by atoms with Crippen LogP contribution < -0.4 is 10.5 Å². The molecule has 4 nitrogen and oxygen atoms in total. The highest BCUT2D eigenvalue weighted by atomic mass is 32.2. The summed E-state index contributed by atoms with van der Waals surface area (Å²) in [7, 11) is -3.55. The third kappa shape index (κ3) is 5.71. The lowest BCUT2D eigenvalue weighted by molar-refractivity contribution is 0.562. The highest BCUT2D eigenvalue weighted by Crippen LogP contribution is 2.17. The van der Waals surface area contributed by atoms with E-state index in [1.807, 2.05) is 20.1 Å². The van der Waals surface area contributed by atoms with Crippen LogP contribution in [0.25, 0.3) is 0 Å². The van der Waals surface area contributed by atoms with Crippen molar-refractivity contribution in [3.63, 3.8) is 0 Å². The number of nitrogens with one attached hydrogen (secondary N) is 1. The molecule has 1 unspecified atom stereocenters. The van der Waals surface area contributed by atoms with E-state index in [2.05, 4.69) is 16.6 Å². The number of rotatable bonds is 6. The quantitative estimate of drug-likeness (QED) is 0.779. The van der Waals surface area contributed by atoms with E-state index in [4.69, 9.17) is 5.73 Å². The Kier molecular flexibility index (Phi) is 7.26. The molecular formula is C15H22N2O2S2. The van der Waals surface area contributed by atoms with E-state index in [1.54, 1.807) is 30.0 Å². The molecule has 3 N–H and O–H groups in total. The molecule has 0 heterocycles. The molecule has 0 fully saturated rings. The van der Waals surface area contributed by atoms with Crippen LogP contribution in [-0.4, -0.2) is 33.5 Å². The summed E-state index contributed by atoms with van der Waals surface area (Å²) in [6, 6.07) is 5.13. The van der Waals surface area contributed by atoms with E-state index in [9.17, 15) is 8.42 Å². The van der Waals surface area contributed by atoms with Crippen molar-refractivity contribution < 1.29 is 8.42 Å². The maximum absolute atomic E-state index is 12.4. The minimum absolute atomic E-state index is 0.200. The topological polar surface area (TPSA) is 72.2 Å². The molecule has 1 rings (SSSR count). The molecule has 0 spiro atoms. The molecule has 0 aliphatic heterocycles. The van der Waals surface area contributed by atoms with Crippen LogP contribution in [0.4, 0.5) is 0 Å². The predicted octanol–water partition coefficient (Wildman–Crippen LogP) is 1.58. The second kappa shape index (κ2) is 8.44. The van der Waals surface area contributed by atoms with Crippen LogP contribution in [0.3, 0.4) is 0 Å². The average Bonchev–Trinajstić information content (AvgIpc) is 2.43. The Balaban J connectivity index is 3.02. The van der Waals surface area contributed by atoms with Crippen molar-refractivity contribution in [1.82, 2.24) is 4.72 Å². The number of hydrogen-bond donors (Lipinski definition) is 2. The van der Waals surface area contributed by atoms with E-state index in [1.165, 1.54) is 0 Å². The molecule has 0 aliphatic rings. The fourth-order valence-electron chi connectivity index (χ4n) is 1.80. The van der Waals surface area contributed by atoms with Gasteiger partial charge in [0.05, 0.1) is 11.4 Å². The standard InChI is InChI=1S/C15H22N2O2S2/c1-12-6-7-15(14(9-12)5-4-8-16)21(18,19)17-10-13(2)11-20-3/h6-7,9,13,17H,8,10-11,16H2,1-3H3. The SMILES string of the molecule is CSCC(C)CNS(=O)(=O)c1ccc(C)cc1C#CCN. The van der Waals surface area contributed by atoms with Gasteiger partial charge in [-0.1, -0.05) is 24.8 Å². The molecular weight excluding hydrogens is 304 g/mol. The first-order chi connectivity index (χ1) is 9.90. The third-order valence-electron chi connectivity index (χ3n) is 2.82. The van der Waals surface area contributed by atoms with Gasteiger partial charge in [0.1, 0.15) is 0 Å².